The first-order chi connectivity index (χ1) is 12.2. The van der Waals surface area contributed by atoms with Gasteiger partial charge in [-0.25, -0.2) is 0 Å². The lowest BCUT2D eigenvalue weighted by molar-refractivity contribution is -0.146. The zero-order chi connectivity index (χ0) is 17.2. The van der Waals surface area contributed by atoms with Crippen molar-refractivity contribution in [2.75, 3.05) is 19.7 Å². The van der Waals surface area contributed by atoms with Crippen LogP contribution in [0.1, 0.15) is 12.0 Å². The predicted octanol–water partition coefficient (Wildman–Crippen LogP) is 2.36. The van der Waals surface area contributed by atoms with Gasteiger partial charge in [-0.3, -0.25) is 9.78 Å². The van der Waals surface area contributed by atoms with Crippen LogP contribution in [0.5, 0.6) is 11.6 Å². The van der Waals surface area contributed by atoms with Gasteiger partial charge in [0.25, 0.3) is 5.91 Å². The van der Waals surface area contributed by atoms with E-state index in [0.717, 1.165) is 18.6 Å². The zero-order valence-electron chi connectivity index (χ0n) is 13.6. The van der Waals surface area contributed by atoms with Crippen LogP contribution in [0.15, 0.2) is 36.7 Å². The summed E-state index contributed by atoms with van der Waals surface area (Å²) in [5.41, 5.74) is 1.17. The number of fused-ring (bicyclic) bond motifs is 1. The maximum Gasteiger partial charge on any atom is 0.263 e. The number of hydrogen-bond acceptors (Lipinski definition) is 5. The van der Waals surface area contributed by atoms with Gasteiger partial charge < -0.3 is 14.4 Å². The fraction of sp³-hybridized carbons (Fsp3) is 0.389. The van der Waals surface area contributed by atoms with Gasteiger partial charge in [0, 0.05) is 19.0 Å². The normalized spacial score (nSPS) is 19.6. The molecule has 130 valence electrons. The highest BCUT2D eigenvalue weighted by Crippen LogP contribution is 2.29. The minimum atomic E-state index is -0.379. The third-order valence-corrected chi connectivity index (χ3v) is 4.69. The van der Waals surface area contributed by atoms with Crippen molar-refractivity contribution in [3.63, 3.8) is 0 Å². The largest absolute Gasteiger partial charge is 0.480 e. The number of carbonyl (C=O) groups excluding carboxylic acids is 1. The molecule has 2 aliphatic heterocycles. The van der Waals surface area contributed by atoms with E-state index in [9.17, 15) is 4.79 Å². The van der Waals surface area contributed by atoms with E-state index in [0.29, 0.717) is 36.6 Å². The second kappa shape index (κ2) is 6.88. The number of halogens is 1. The Labute approximate surface area is 150 Å². The molecule has 0 radical (unpaired) electrons. The molecular weight excluding hydrogens is 342 g/mol. The van der Waals surface area contributed by atoms with Crippen LogP contribution in [-0.4, -0.2) is 46.6 Å². The molecule has 1 saturated heterocycles. The van der Waals surface area contributed by atoms with E-state index >= 15 is 0 Å². The van der Waals surface area contributed by atoms with Crippen molar-refractivity contribution in [1.29, 1.82) is 0 Å². The summed E-state index contributed by atoms with van der Waals surface area (Å²) >= 11 is 5.77. The van der Waals surface area contributed by atoms with E-state index < -0.39 is 0 Å². The number of likely N-dealkylation sites (tertiary alicyclic amines) is 1. The van der Waals surface area contributed by atoms with Crippen molar-refractivity contribution in [2.45, 2.75) is 18.9 Å². The van der Waals surface area contributed by atoms with Crippen LogP contribution in [0, 0.1) is 5.92 Å². The van der Waals surface area contributed by atoms with E-state index in [1.54, 1.807) is 0 Å². The van der Waals surface area contributed by atoms with Gasteiger partial charge >= 0.3 is 0 Å². The topological polar surface area (TPSA) is 64.5 Å². The second-order valence-corrected chi connectivity index (χ2v) is 6.74. The summed E-state index contributed by atoms with van der Waals surface area (Å²) in [7, 11) is 0. The highest BCUT2D eigenvalue weighted by Gasteiger charge is 2.37. The van der Waals surface area contributed by atoms with Crippen molar-refractivity contribution in [3.8, 4) is 11.6 Å². The highest BCUT2D eigenvalue weighted by molar-refractivity contribution is 6.29. The molecule has 0 spiro atoms. The summed E-state index contributed by atoms with van der Waals surface area (Å²) in [4.78, 5) is 22.4. The Bertz CT molecular complexity index is 780. The Morgan fingerprint density at radius 2 is 2.16 bits per heavy atom. The van der Waals surface area contributed by atoms with Crippen LogP contribution in [0.4, 0.5) is 0 Å². The Morgan fingerprint density at radius 3 is 3.00 bits per heavy atom. The number of nitrogens with zero attached hydrogens (tertiary/aromatic N) is 3. The van der Waals surface area contributed by atoms with Crippen LogP contribution in [0.25, 0.3) is 0 Å². The average molecular weight is 360 g/mol. The van der Waals surface area contributed by atoms with Crippen molar-refractivity contribution < 1.29 is 14.3 Å². The number of hydrogen-bond donors (Lipinski definition) is 0. The van der Waals surface area contributed by atoms with Gasteiger partial charge in [-0.05, 0) is 24.5 Å². The summed E-state index contributed by atoms with van der Waals surface area (Å²) < 4.78 is 11.5. The van der Waals surface area contributed by atoms with Gasteiger partial charge in [0.2, 0.25) is 5.88 Å². The minimum Gasteiger partial charge on any atom is -0.480 e. The standard InChI is InChI=1S/C18H18ClN3O3/c19-16-7-20-8-17(21-16)24-11-12-9-22(10-12)18(23)15-6-5-13-3-1-2-4-14(13)25-15/h1-4,7-8,12,15H,5-6,9-11H2. The van der Waals surface area contributed by atoms with Gasteiger partial charge in [-0.1, -0.05) is 29.8 Å². The molecule has 0 N–H and O–H groups in total. The molecule has 1 aromatic carbocycles. The fourth-order valence-electron chi connectivity index (χ4n) is 3.16. The predicted molar refractivity (Wildman–Crippen MR) is 91.8 cm³/mol. The molecule has 25 heavy (non-hydrogen) atoms. The Hall–Kier alpha value is -2.34. The van der Waals surface area contributed by atoms with Crippen LogP contribution in [0.2, 0.25) is 5.15 Å². The van der Waals surface area contributed by atoms with E-state index in [4.69, 9.17) is 21.1 Å². The quantitative estimate of drug-likeness (QED) is 0.838. The maximum absolute atomic E-state index is 12.6. The van der Waals surface area contributed by atoms with E-state index in [1.165, 1.54) is 18.0 Å². The molecule has 7 heteroatoms. The summed E-state index contributed by atoms with van der Waals surface area (Å²) in [6, 6.07) is 7.90. The van der Waals surface area contributed by atoms with Gasteiger partial charge in [-0.15, -0.1) is 0 Å². The lowest BCUT2D eigenvalue weighted by Crippen LogP contribution is -2.56. The molecule has 2 aromatic rings. The first-order valence-corrected chi connectivity index (χ1v) is 8.70. The molecule has 3 heterocycles. The summed E-state index contributed by atoms with van der Waals surface area (Å²) in [5, 5.41) is 0.303. The number of benzene rings is 1. The van der Waals surface area contributed by atoms with Gasteiger partial charge in [-0.2, -0.15) is 4.98 Å². The van der Waals surface area contributed by atoms with Crippen molar-refractivity contribution in [3.05, 3.63) is 47.4 Å². The minimum absolute atomic E-state index is 0.0632. The van der Waals surface area contributed by atoms with Crippen molar-refractivity contribution in [1.82, 2.24) is 14.9 Å². The van der Waals surface area contributed by atoms with Gasteiger partial charge in [0.1, 0.15) is 5.75 Å². The molecule has 1 unspecified atom stereocenters. The molecule has 4 rings (SSSR count). The number of aromatic nitrogens is 2. The van der Waals surface area contributed by atoms with E-state index in [-0.39, 0.29) is 12.0 Å². The average Bonchev–Trinajstić information content (AvgIpc) is 2.60. The molecular formula is C18H18ClN3O3. The fourth-order valence-corrected chi connectivity index (χ4v) is 3.29. The third kappa shape index (κ3) is 3.54. The first-order valence-electron chi connectivity index (χ1n) is 8.33. The number of rotatable bonds is 4. The van der Waals surface area contributed by atoms with E-state index in [1.807, 2.05) is 29.2 Å². The van der Waals surface area contributed by atoms with Crippen LogP contribution < -0.4 is 9.47 Å². The Balaban J connectivity index is 1.26. The summed E-state index contributed by atoms with van der Waals surface area (Å²) in [6.45, 7) is 1.84. The Morgan fingerprint density at radius 1 is 1.32 bits per heavy atom. The monoisotopic (exact) mass is 359 g/mol. The second-order valence-electron chi connectivity index (χ2n) is 6.35. The third-order valence-electron chi connectivity index (χ3n) is 4.51. The summed E-state index contributed by atoms with van der Waals surface area (Å²) in [6.07, 6.45) is 4.21. The van der Waals surface area contributed by atoms with Crippen molar-refractivity contribution >= 4 is 17.5 Å². The smallest absolute Gasteiger partial charge is 0.263 e. The molecule has 1 amide bonds. The molecule has 1 atom stereocenters. The lowest BCUT2D eigenvalue weighted by Gasteiger charge is -2.41. The zero-order valence-corrected chi connectivity index (χ0v) is 14.4. The lowest BCUT2D eigenvalue weighted by atomic mass is 9.97. The first kappa shape index (κ1) is 16.1. The van der Waals surface area contributed by atoms with Crippen LogP contribution >= 0.6 is 11.6 Å². The highest BCUT2D eigenvalue weighted by atomic mass is 35.5. The SMILES string of the molecule is O=C(C1CCc2ccccc2O1)N1CC(COc2cncc(Cl)n2)C1. The van der Waals surface area contributed by atoms with Gasteiger partial charge in [0.15, 0.2) is 11.3 Å². The van der Waals surface area contributed by atoms with Crippen LogP contribution in [0.3, 0.4) is 0 Å². The number of amides is 1. The molecule has 6 nitrogen and oxygen atoms in total. The van der Waals surface area contributed by atoms with Gasteiger partial charge in [0.05, 0.1) is 19.0 Å². The Kier molecular flexibility index (Phi) is 4.44. The number of ether oxygens (including phenoxy) is 2. The molecule has 0 bridgehead atoms. The molecule has 1 fully saturated rings. The van der Waals surface area contributed by atoms with E-state index in [2.05, 4.69) is 9.97 Å². The molecule has 2 aliphatic rings. The van der Waals surface area contributed by atoms with Crippen molar-refractivity contribution in [2.24, 2.45) is 5.92 Å². The molecule has 0 saturated carbocycles. The molecule has 1 aromatic heterocycles. The summed E-state index contributed by atoms with van der Waals surface area (Å²) in [5.74, 6) is 1.59. The maximum atomic E-state index is 12.6. The number of para-hydroxylation sites is 1. The van der Waals surface area contributed by atoms with Crippen LogP contribution in [-0.2, 0) is 11.2 Å². The number of carbonyl (C=O) groups is 1. The number of aryl methyl sites for hydroxylation is 1. The molecule has 0 aliphatic carbocycles.